The minimum absolute atomic E-state index is 0. The average molecular weight is 527 g/mol. The molecular weight excluding hydrogens is 470 g/mol. The summed E-state index contributed by atoms with van der Waals surface area (Å²) in [5, 5.41) is 0. The molecule has 0 spiro atoms. The van der Waals surface area contributed by atoms with Gasteiger partial charge in [0.25, 0.3) is 0 Å². The molecule has 0 saturated heterocycles. The van der Waals surface area contributed by atoms with Crippen molar-refractivity contribution in [3.05, 3.63) is 0 Å². The molecule has 0 bridgehead atoms. The Hall–Kier alpha value is 1.38. The van der Waals surface area contributed by atoms with Gasteiger partial charge in [0.05, 0.1) is 0 Å². The Kier molecular flexibility index (Phi) is 42.9. The molecule has 0 saturated carbocycles. The first-order valence-electron chi connectivity index (χ1n) is 13.6. The van der Waals surface area contributed by atoms with Gasteiger partial charge in [0.15, 0.2) is 0 Å². The van der Waals surface area contributed by atoms with E-state index in [1.54, 1.807) is 0 Å². The molecule has 0 fully saturated rings. The number of carbonyl (C=O) groups excluding carboxylic acids is 1. The van der Waals surface area contributed by atoms with Crippen molar-refractivity contribution in [2.45, 2.75) is 162 Å². The van der Waals surface area contributed by atoms with E-state index in [-0.39, 0.29) is 65.5 Å². The first kappa shape index (κ1) is 42.5. The maximum atomic E-state index is 10.9. The zero-order chi connectivity index (χ0) is 24.3. The Labute approximate surface area is 257 Å². The predicted molar refractivity (Wildman–Crippen MR) is 151 cm³/mol. The second kappa shape index (κ2) is 34.4. The fourth-order valence-electron chi connectivity index (χ4n) is 3.65. The third kappa shape index (κ3) is 43.5. The molecule has 34 heavy (non-hydrogen) atoms. The van der Waals surface area contributed by atoms with Gasteiger partial charge in [-0.05, 0) is 6.42 Å². The molecule has 0 aliphatic carbocycles. The maximum absolute atomic E-state index is 10.9. The molecule has 0 aromatic rings. The van der Waals surface area contributed by atoms with Gasteiger partial charge in [-0.25, -0.2) is 0 Å². The first-order chi connectivity index (χ1) is 15.4. The molecule has 0 aliphatic heterocycles. The van der Waals surface area contributed by atoms with Crippen LogP contribution in [0, 0.1) is 0 Å². The Balaban J connectivity index is -0.000000257. The van der Waals surface area contributed by atoms with E-state index < -0.39 is 16.4 Å². The van der Waals surface area contributed by atoms with Crippen molar-refractivity contribution in [2.75, 3.05) is 0 Å². The van der Waals surface area contributed by atoms with Crippen molar-refractivity contribution >= 4 is 75.5 Å². The summed E-state index contributed by atoms with van der Waals surface area (Å²) in [7, 11) is -4.63. The van der Waals surface area contributed by atoms with E-state index in [1.807, 2.05) is 0 Å². The van der Waals surface area contributed by atoms with Crippen LogP contribution >= 0.6 is 0 Å². The van der Waals surface area contributed by atoms with Gasteiger partial charge in [0.1, 0.15) is 0 Å². The van der Waals surface area contributed by atoms with Crippen molar-refractivity contribution in [2.24, 2.45) is 0 Å². The van der Waals surface area contributed by atoms with Gasteiger partial charge in [0.2, 0.25) is 0 Å². The second-order valence-electron chi connectivity index (χ2n) is 9.00. The minimum atomic E-state index is -4.63. The molecule has 0 amide bonds. The topological polar surface area (TPSA) is 80.7 Å². The van der Waals surface area contributed by atoms with Crippen LogP contribution in [0.5, 0.6) is 0 Å². The van der Waals surface area contributed by atoms with Crippen molar-refractivity contribution < 1.29 is 21.9 Å². The van der Waals surface area contributed by atoms with Gasteiger partial charge in [-0.15, -0.1) is 0 Å². The van der Waals surface area contributed by atoms with Crippen LogP contribution in [-0.2, 0) is 19.4 Å². The third-order valence-electron chi connectivity index (χ3n) is 5.64. The molecule has 0 rings (SSSR count). The van der Waals surface area contributed by atoms with Crippen molar-refractivity contribution in [1.29, 1.82) is 0 Å². The number of carbonyl (C=O) groups is 1. The average Bonchev–Trinajstić information content (AvgIpc) is 2.73. The molecule has 8 heteroatoms. The number of hydrogen-bond acceptors (Lipinski definition) is 4. The van der Waals surface area contributed by atoms with E-state index in [4.69, 9.17) is 4.55 Å². The van der Waals surface area contributed by atoms with Gasteiger partial charge >= 0.3 is 75.5 Å². The molecule has 0 heterocycles. The molecule has 0 aromatic carbocycles. The number of unbranched alkanes of at least 4 members (excludes halogenated alkanes) is 19. The Morgan fingerprint density at radius 1 is 0.529 bits per heavy atom. The summed E-state index contributed by atoms with van der Waals surface area (Å²) in [6, 6.07) is 0. The first-order valence-corrected chi connectivity index (χ1v) is 14.9. The van der Waals surface area contributed by atoms with E-state index in [1.165, 1.54) is 109 Å². The molecule has 1 N–H and O–H groups in total. The Morgan fingerprint density at radius 3 is 1.00 bits per heavy atom. The number of rotatable bonds is 22. The van der Waals surface area contributed by atoms with Gasteiger partial charge in [-0.2, -0.15) is 8.42 Å². The van der Waals surface area contributed by atoms with Crippen molar-refractivity contribution in [1.82, 2.24) is 0 Å². The van der Waals surface area contributed by atoms with Crippen LogP contribution < -0.4 is 0 Å². The quantitative estimate of drug-likeness (QED) is 0.0889. The second-order valence-corrected chi connectivity index (χ2v) is 10.0. The van der Waals surface area contributed by atoms with Crippen LogP contribution in [0.15, 0.2) is 0 Å². The molecule has 0 aliphatic rings. The van der Waals surface area contributed by atoms with Gasteiger partial charge < -0.3 is 4.18 Å². The molecule has 0 atom stereocenters. The molecular formula is C26H56Na2O5S. The van der Waals surface area contributed by atoms with E-state index in [0.717, 1.165) is 19.3 Å². The van der Waals surface area contributed by atoms with Crippen molar-refractivity contribution in [3.63, 3.8) is 0 Å². The van der Waals surface area contributed by atoms with E-state index in [9.17, 15) is 13.2 Å². The van der Waals surface area contributed by atoms with E-state index in [2.05, 4.69) is 25.0 Å². The van der Waals surface area contributed by atoms with Gasteiger partial charge in [-0.1, -0.05) is 149 Å². The normalized spacial score (nSPS) is 10.5. The monoisotopic (exact) mass is 526 g/mol. The van der Waals surface area contributed by atoms with E-state index in [0.29, 0.717) is 6.42 Å². The zero-order valence-corrected chi connectivity index (χ0v) is 22.4. The summed E-state index contributed by atoms with van der Waals surface area (Å²) in [6.45, 7) is 6.76. The summed E-state index contributed by atoms with van der Waals surface area (Å²) in [4.78, 5) is 10.9. The van der Waals surface area contributed by atoms with Crippen LogP contribution in [0.3, 0.4) is 0 Å². The summed E-state index contributed by atoms with van der Waals surface area (Å²) in [5.41, 5.74) is 0. The van der Waals surface area contributed by atoms with E-state index >= 15 is 0 Å². The predicted octanol–water partition coefficient (Wildman–Crippen LogP) is 7.66. The zero-order valence-electron chi connectivity index (χ0n) is 21.5. The third-order valence-corrected chi connectivity index (χ3v) is 6.04. The SMILES string of the molecule is CCCCCCCCCCCC(=O)OS(=O)(=O)O.CCCCCCCCCCCCCC.[NaH].[NaH]. The van der Waals surface area contributed by atoms with Gasteiger partial charge in [-0.3, -0.25) is 9.35 Å². The molecule has 0 unspecified atom stereocenters. The summed E-state index contributed by atoms with van der Waals surface area (Å²) >= 11 is 0. The van der Waals surface area contributed by atoms with Crippen LogP contribution in [0.4, 0.5) is 0 Å². The van der Waals surface area contributed by atoms with Crippen LogP contribution in [0.1, 0.15) is 162 Å². The molecule has 0 radical (unpaired) electrons. The van der Waals surface area contributed by atoms with Crippen LogP contribution in [-0.4, -0.2) is 78.1 Å². The van der Waals surface area contributed by atoms with Crippen molar-refractivity contribution in [3.8, 4) is 0 Å². The summed E-state index contributed by atoms with van der Waals surface area (Å²) in [5.74, 6) is -0.888. The molecule has 198 valence electrons. The number of hydrogen-bond donors (Lipinski definition) is 1. The molecule has 0 aromatic heterocycles. The molecule has 5 nitrogen and oxygen atoms in total. The summed E-state index contributed by atoms with van der Waals surface area (Å²) in [6.07, 6.45) is 27.5. The Bertz CT molecular complexity index is 476. The van der Waals surface area contributed by atoms with Crippen LogP contribution in [0.2, 0.25) is 0 Å². The Morgan fingerprint density at radius 2 is 0.765 bits per heavy atom. The summed E-state index contributed by atoms with van der Waals surface area (Å²) < 4.78 is 32.5. The fraction of sp³-hybridized carbons (Fsp3) is 0.962. The fourth-order valence-corrected chi connectivity index (χ4v) is 3.97. The van der Waals surface area contributed by atoms with Crippen LogP contribution in [0.25, 0.3) is 0 Å². The standard InChI is InChI=1S/C14H30.C12H24O5S.2Na.2H/c1-3-5-7-9-11-13-14-12-10-8-6-4-2;1-2-3-4-5-6-7-8-9-10-11-12(13)17-18(14,15)16;;;;/h3-14H2,1-2H3;2-11H2,1H3,(H,14,15,16);;;;. The van der Waals surface area contributed by atoms with Gasteiger partial charge in [0, 0.05) is 6.42 Å².